The van der Waals surface area contributed by atoms with Crippen LogP contribution in [0.25, 0.3) is 6.08 Å². The van der Waals surface area contributed by atoms with Gasteiger partial charge in [0.25, 0.3) is 0 Å². The van der Waals surface area contributed by atoms with Gasteiger partial charge in [-0.2, -0.15) is 0 Å². The van der Waals surface area contributed by atoms with E-state index in [0.717, 1.165) is 24.0 Å². The minimum atomic E-state index is -0.521. The van der Waals surface area contributed by atoms with Crippen molar-refractivity contribution in [2.24, 2.45) is 0 Å². The highest BCUT2D eigenvalue weighted by atomic mass is 16.3. The Kier molecular flexibility index (Phi) is 7.12. The van der Waals surface area contributed by atoms with E-state index in [1.54, 1.807) is 6.08 Å². The molecule has 1 heteroatoms. The first kappa shape index (κ1) is 14.7. The molecule has 0 aliphatic carbocycles. The van der Waals surface area contributed by atoms with Gasteiger partial charge in [0.1, 0.15) is 0 Å². The summed E-state index contributed by atoms with van der Waals surface area (Å²) in [6.07, 6.45) is 8.98. The van der Waals surface area contributed by atoms with E-state index < -0.39 is 6.10 Å². The lowest BCUT2D eigenvalue weighted by Crippen LogP contribution is -2.06. The summed E-state index contributed by atoms with van der Waals surface area (Å²) in [5, 5.41) is 9.95. The van der Waals surface area contributed by atoms with E-state index >= 15 is 0 Å². The summed E-state index contributed by atoms with van der Waals surface area (Å²) in [6, 6.07) is 10.1. The summed E-state index contributed by atoms with van der Waals surface area (Å²) in [6.45, 7) is 5.88. The van der Waals surface area contributed by atoms with E-state index in [0.29, 0.717) is 0 Å². The van der Waals surface area contributed by atoms with Crippen LogP contribution in [0.5, 0.6) is 0 Å². The second-order valence-electron chi connectivity index (χ2n) is 4.62. The highest BCUT2D eigenvalue weighted by molar-refractivity contribution is 5.54. The van der Waals surface area contributed by atoms with Gasteiger partial charge in [-0.25, -0.2) is 0 Å². The number of hydrogen-bond acceptors (Lipinski definition) is 1. The van der Waals surface area contributed by atoms with Crippen LogP contribution >= 0.6 is 0 Å². The minimum absolute atomic E-state index is 0.521. The molecular weight excluding hydrogens is 220 g/mol. The second-order valence-corrected chi connectivity index (χ2v) is 4.62. The molecule has 1 atom stereocenters. The molecule has 0 bridgehead atoms. The molecule has 1 unspecified atom stereocenters. The molecule has 1 rings (SSSR count). The van der Waals surface area contributed by atoms with Gasteiger partial charge < -0.3 is 5.11 Å². The number of rotatable bonds is 8. The maximum atomic E-state index is 9.95. The van der Waals surface area contributed by atoms with Gasteiger partial charge in [-0.3, -0.25) is 0 Å². The van der Waals surface area contributed by atoms with Crippen LogP contribution in [-0.2, 0) is 0 Å². The van der Waals surface area contributed by atoms with Gasteiger partial charge >= 0.3 is 0 Å². The molecule has 1 nitrogen and oxygen atoms in total. The predicted molar refractivity (Wildman–Crippen MR) is 79.4 cm³/mol. The van der Waals surface area contributed by atoms with Crippen LogP contribution in [0.4, 0.5) is 0 Å². The minimum Gasteiger partial charge on any atom is -0.385 e. The van der Waals surface area contributed by atoms with Crippen LogP contribution < -0.4 is 0 Å². The fraction of sp³-hybridized carbons (Fsp3) is 0.412. The molecule has 0 spiro atoms. The van der Waals surface area contributed by atoms with Crippen molar-refractivity contribution >= 4 is 6.08 Å². The highest BCUT2D eigenvalue weighted by Crippen LogP contribution is 2.18. The molecule has 1 aromatic rings. The molecule has 98 valence electrons. The summed E-state index contributed by atoms with van der Waals surface area (Å²) in [4.78, 5) is 0. The zero-order valence-electron chi connectivity index (χ0n) is 11.3. The Hall–Kier alpha value is -1.34. The normalized spacial score (nSPS) is 13.3. The maximum Gasteiger partial charge on any atom is 0.0932 e. The van der Waals surface area contributed by atoms with E-state index in [4.69, 9.17) is 0 Å². The average Bonchev–Trinajstić information content (AvgIpc) is 2.42. The molecule has 0 saturated heterocycles. The van der Waals surface area contributed by atoms with Crippen molar-refractivity contribution in [1.82, 2.24) is 0 Å². The van der Waals surface area contributed by atoms with Gasteiger partial charge in [-0.1, -0.05) is 68.7 Å². The van der Waals surface area contributed by atoms with Crippen LogP contribution in [0.15, 0.2) is 48.6 Å². The van der Waals surface area contributed by atoms with Crippen LogP contribution in [-0.4, -0.2) is 11.2 Å². The Bertz CT molecular complexity index is 364. The van der Waals surface area contributed by atoms with E-state index in [-0.39, 0.29) is 0 Å². The Labute approximate surface area is 111 Å². The Morgan fingerprint density at radius 1 is 1.22 bits per heavy atom. The van der Waals surface area contributed by atoms with Crippen LogP contribution in [0.2, 0.25) is 0 Å². The Balaban J connectivity index is 2.66. The Morgan fingerprint density at radius 3 is 2.56 bits per heavy atom. The zero-order valence-corrected chi connectivity index (χ0v) is 11.3. The first-order valence-electron chi connectivity index (χ1n) is 6.84. The SMILES string of the molecule is C=CC(O)/C(=C/c1ccccc1)CCCCCC. The lowest BCUT2D eigenvalue weighted by Gasteiger charge is -2.11. The molecular formula is C17H24O. The van der Waals surface area contributed by atoms with Crippen LogP contribution in [0.3, 0.4) is 0 Å². The smallest absolute Gasteiger partial charge is 0.0932 e. The van der Waals surface area contributed by atoms with Crippen molar-refractivity contribution in [3.8, 4) is 0 Å². The lowest BCUT2D eigenvalue weighted by atomic mass is 9.99. The largest absolute Gasteiger partial charge is 0.385 e. The molecule has 0 aliphatic heterocycles. The average molecular weight is 244 g/mol. The first-order chi connectivity index (χ1) is 8.77. The number of aliphatic hydroxyl groups is 1. The maximum absolute atomic E-state index is 9.95. The fourth-order valence-electron chi connectivity index (χ4n) is 1.98. The topological polar surface area (TPSA) is 20.2 Å². The molecule has 0 heterocycles. The van der Waals surface area contributed by atoms with Crippen molar-refractivity contribution < 1.29 is 5.11 Å². The third-order valence-electron chi connectivity index (χ3n) is 3.07. The van der Waals surface area contributed by atoms with E-state index in [1.165, 1.54) is 19.3 Å². The molecule has 0 radical (unpaired) electrons. The lowest BCUT2D eigenvalue weighted by molar-refractivity contribution is 0.255. The number of unbranched alkanes of at least 4 members (excludes halogenated alkanes) is 3. The van der Waals surface area contributed by atoms with E-state index in [9.17, 15) is 5.11 Å². The highest BCUT2D eigenvalue weighted by Gasteiger charge is 2.06. The number of benzene rings is 1. The van der Waals surface area contributed by atoms with Gasteiger partial charge in [0, 0.05) is 0 Å². The molecule has 0 fully saturated rings. The molecule has 1 aromatic carbocycles. The van der Waals surface area contributed by atoms with Gasteiger partial charge in [0.05, 0.1) is 6.10 Å². The third-order valence-corrected chi connectivity index (χ3v) is 3.07. The van der Waals surface area contributed by atoms with Crippen molar-refractivity contribution in [3.05, 3.63) is 54.1 Å². The van der Waals surface area contributed by atoms with Gasteiger partial charge in [-0.15, -0.1) is 6.58 Å². The van der Waals surface area contributed by atoms with Crippen molar-refractivity contribution in [3.63, 3.8) is 0 Å². The third kappa shape index (κ3) is 5.33. The van der Waals surface area contributed by atoms with Crippen molar-refractivity contribution in [2.75, 3.05) is 0 Å². The van der Waals surface area contributed by atoms with Gasteiger partial charge in [0.2, 0.25) is 0 Å². The number of aliphatic hydroxyl groups excluding tert-OH is 1. The van der Waals surface area contributed by atoms with E-state index in [1.807, 2.05) is 18.2 Å². The first-order valence-corrected chi connectivity index (χ1v) is 6.84. The quantitative estimate of drug-likeness (QED) is 0.524. The van der Waals surface area contributed by atoms with Gasteiger partial charge in [0.15, 0.2) is 0 Å². The monoisotopic (exact) mass is 244 g/mol. The van der Waals surface area contributed by atoms with Gasteiger partial charge in [-0.05, 0) is 24.0 Å². The second kappa shape index (κ2) is 8.71. The van der Waals surface area contributed by atoms with Crippen LogP contribution in [0, 0.1) is 0 Å². The zero-order chi connectivity index (χ0) is 13.2. The Morgan fingerprint density at radius 2 is 1.94 bits per heavy atom. The summed E-state index contributed by atoms with van der Waals surface area (Å²) in [7, 11) is 0. The molecule has 18 heavy (non-hydrogen) atoms. The fourth-order valence-corrected chi connectivity index (χ4v) is 1.98. The van der Waals surface area contributed by atoms with Crippen molar-refractivity contribution in [1.29, 1.82) is 0 Å². The molecule has 0 amide bonds. The molecule has 0 aromatic heterocycles. The predicted octanol–water partition coefficient (Wildman–Crippen LogP) is 4.59. The summed E-state index contributed by atoms with van der Waals surface area (Å²) < 4.78 is 0. The standard InChI is InChI=1S/C17H24O/c1-3-5-6-10-13-16(17(18)4-2)14-15-11-8-7-9-12-15/h4,7-9,11-12,14,17-18H,2-3,5-6,10,13H2,1H3/b16-14+. The van der Waals surface area contributed by atoms with Crippen LogP contribution in [0.1, 0.15) is 44.6 Å². The molecule has 1 N–H and O–H groups in total. The number of hydrogen-bond donors (Lipinski definition) is 1. The summed E-state index contributed by atoms with van der Waals surface area (Å²) >= 11 is 0. The van der Waals surface area contributed by atoms with Crippen molar-refractivity contribution in [2.45, 2.75) is 45.1 Å². The summed E-state index contributed by atoms with van der Waals surface area (Å²) in [5.41, 5.74) is 2.20. The molecule has 0 saturated carbocycles. The molecule has 0 aliphatic rings. The summed E-state index contributed by atoms with van der Waals surface area (Å²) in [5.74, 6) is 0. The van der Waals surface area contributed by atoms with E-state index in [2.05, 4.69) is 31.7 Å².